The van der Waals surface area contributed by atoms with E-state index >= 15 is 0 Å². The number of nitrogens with one attached hydrogen (secondary N) is 1. The van der Waals surface area contributed by atoms with Gasteiger partial charge < -0.3 is 5.32 Å². The summed E-state index contributed by atoms with van der Waals surface area (Å²) in [4.78, 5) is 17.5. The van der Waals surface area contributed by atoms with E-state index in [1.807, 2.05) is 50.2 Å². The average Bonchev–Trinajstić information content (AvgIpc) is 3.18. The first kappa shape index (κ1) is 20.1. The maximum absolute atomic E-state index is 12.9. The van der Waals surface area contributed by atoms with E-state index in [1.165, 1.54) is 0 Å². The third-order valence-corrected chi connectivity index (χ3v) is 5.34. The van der Waals surface area contributed by atoms with Gasteiger partial charge in [-0.25, -0.2) is 9.67 Å². The molecule has 0 saturated heterocycles. The van der Waals surface area contributed by atoms with Gasteiger partial charge in [-0.1, -0.05) is 53.0 Å². The van der Waals surface area contributed by atoms with Crippen molar-refractivity contribution in [3.63, 3.8) is 0 Å². The summed E-state index contributed by atoms with van der Waals surface area (Å²) in [6.45, 7) is 3.85. The van der Waals surface area contributed by atoms with Crippen molar-refractivity contribution < 1.29 is 4.79 Å². The lowest BCUT2D eigenvalue weighted by atomic mass is 10.1. The maximum Gasteiger partial charge on any atom is 0.295 e. The lowest BCUT2D eigenvalue weighted by molar-refractivity contribution is 0.101. The van der Waals surface area contributed by atoms with Crippen LogP contribution < -0.4 is 5.32 Å². The van der Waals surface area contributed by atoms with Crippen molar-refractivity contribution in [1.29, 1.82) is 0 Å². The number of rotatable bonds is 4. The fourth-order valence-electron chi connectivity index (χ4n) is 3.06. The fourth-order valence-corrected chi connectivity index (χ4v) is 3.36. The molecule has 0 bridgehead atoms. The van der Waals surface area contributed by atoms with E-state index in [-0.39, 0.29) is 5.82 Å². The van der Waals surface area contributed by atoms with E-state index in [2.05, 4.69) is 15.4 Å². The zero-order valence-corrected chi connectivity index (χ0v) is 17.9. The molecular weight excluding hydrogens is 419 g/mol. The molecule has 0 saturated carbocycles. The highest BCUT2D eigenvalue weighted by Gasteiger charge is 2.20. The number of carbonyl (C=O) groups excluding carboxylic acids is 1. The molecule has 0 aliphatic rings. The molecule has 1 heterocycles. The molecule has 5 nitrogen and oxygen atoms in total. The van der Waals surface area contributed by atoms with Crippen molar-refractivity contribution in [2.75, 3.05) is 5.32 Å². The van der Waals surface area contributed by atoms with Crippen molar-refractivity contribution in [2.24, 2.45) is 0 Å². The summed E-state index contributed by atoms with van der Waals surface area (Å²) in [6, 6.07) is 20.4. The van der Waals surface area contributed by atoms with E-state index in [1.54, 1.807) is 35.0 Å². The Morgan fingerprint density at radius 1 is 0.967 bits per heavy atom. The van der Waals surface area contributed by atoms with Crippen molar-refractivity contribution in [1.82, 2.24) is 14.8 Å². The lowest BCUT2D eigenvalue weighted by Gasteiger charge is -2.07. The fraction of sp³-hybridized carbons (Fsp3) is 0.0870. The number of benzene rings is 3. The molecule has 0 aliphatic carbocycles. The topological polar surface area (TPSA) is 59.8 Å². The summed E-state index contributed by atoms with van der Waals surface area (Å²) in [5, 5.41) is 8.52. The van der Waals surface area contributed by atoms with Crippen molar-refractivity contribution in [3.8, 4) is 17.1 Å². The zero-order chi connectivity index (χ0) is 21.3. The molecule has 7 heteroatoms. The van der Waals surface area contributed by atoms with Gasteiger partial charge in [0, 0.05) is 21.3 Å². The smallest absolute Gasteiger partial charge is 0.295 e. The number of halogens is 2. The molecule has 0 atom stereocenters. The number of aromatic nitrogens is 3. The molecule has 1 N–H and O–H groups in total. The van der Waals surface area contributed by atoms with Gasteiger partial charge in [0.15, 0.2) is 5.82 Å². The van der Waals surface area contributed by atoms with Gasteiger partial charge in [0.25, 0.3) is 5.91 Å². The first-order chi connectivity index (χ1) is 14.4. The van der Waals surface area contributed by atoms with E-state index in [9.17, 15) is 4.79 Å². The predicted octanol–water partition coefficient (Wildman–Crippen LogP) is 6.11. The Morgan fingerprint density at radius 2 is 1.70 bits per heavy atom. The third kappa shape index (κ3) is 4.08. The number of nitrogens with zero attached hydrogens (tertiary/aromatic N) is 3. The Balaban J connectivity index is 1.77. The van der Waals surface area contributed by atoms with E-state index in [4.69, 9.17) is 23.2 Å². The summed E-state index contributed by atoms with van der Waals surface area (Å²) >= 11 is 12.2. The van der Waals surface area contributed by atoms with Crippen molar-refractivity contribution >= 4 is 34.8 Å². The minimum Gasteiger partial charge on any atom is -0.319 e. The summed E-state index contributed by atoms with van der Waals surface area (Å²) in [6.07, 6.45) is 0. The Hall–Kier alpha value is -3.15. The lowest BCUT2D eigenvalue weighted by Crippen LogP contribution is -2.15. The van der Waals surface area contributed by atoms with Crippen LogP contribution in [0.25, 0.3) is 17.1 Å². The van der Waals surface area contributed by atoms with Gasteiger partial charge in [0.05, 0.1) is 5.69 Å². The number of aryl methyl sites for hydroxylation is 1. The molecule has 0 unspecified atom stereocenters. The third-order valence-electron chi connectivity index (χ3n) is 4.67. The van der Waals surface area contributed by atoms with Crippen molar-refractivity contribution in [2.45, 2.75) is 13.8 Å². The normalized spacial score (nSPS) is 10.8. The zero-order valence-electron chi connectivity index (χ0n) is 16.4. The Bertz CT molecular complexity index is 1230. The van der Waals surface area contributed by atoms with Crippen LogP contribution >= 0.6 is 23.2 Å². The van der Waals surface area contributed by atoms with Crippen LogP contribution in [-0.4, -0.2) is 20.7 Å². The molecule has 0 fully saturated rings. The first-order valence-electron chi connectivity index (χ1n) is 9.29. The minimum atomic E-state index is -0.415. The highest BCUT2D eigenvalue weighted by molar-refractivity contribution is 6.31. The van der Waals surface area contributed by atoms with Crippen LogP contribution in [0.2, 0.25) is 10.0 Å². The van der Waals surface area contributed by atoms with Crippen LogP contribution in [0, 0.1) is 13.8 Å². The second-order valence-corrected chi connectivity index (χ2v) is 7.73. The molecular formula is C23H18Cl2N4O. The number of anilines is 1. The number of hydrogen-bond acceptors (Lipinski definition) is 3. The largest absolute Gasteiger partial charge is 0.319 e. The molecule has 0 radical (unpaired) electrons. The van der Waals surface area contributed by atoms with E-state index < -0.39 is 5.91 Å². The second-order valence-electron chi connectivity index (χ2n) is 6.88. The highest BCUT2D eigenvalue weighted by atomic mass is 35.5. The highest BCUT2D eigenvalue weighted by Crippen LogP contribution is 2.25. The minimum absolute atomic E-state index is 0.0563. The van der Waals surface area contributed by atoms with Crippen LogP contribution in [0.15, 0.2) is 66.7 Å². The summed E-state index contributed by atoms with van der Waals surface area (Å²) in [5.74, 6) is 0.205. The van der Waals surface area contributed by atoms with E-state index in [0.717, 1.165) is 22.4 Å². The average molecular weight is 437 g/mol. The predicted molar refractivity (Wildman–Crippen MR) is 121 cm³/mol. The molecule has 4 aromatic rings. The van der Waals surface area contributed by atoms with Gasteiger partial charge in [-0.2, -0.15) is 0 Å². The maximum atomic E-state index is 12.9. The standard InChI is InChI=1S/C23H18Cl2N4O/c1-14-5-3-6-16(13-14)22-27-21(28-29(22)18-11-9-17(24)10-12-18)23(30)26-20-8-4-7-19(25)15(20)2/h3-13H,1-2H3,(H,26,30). The number of amides is 1. The first-order valence-corrected chi connectivity index (χ1v) is 10.0. The molecule has 150 valence electrons. The quantitative estimate of drug-likeness (QED) is 0.419. The molecule has 1 amide bonds. The van der Waals surface area contributed by atoms with Gasteiger partial charge in [-0.05, 0) is 61.9 Å². The summed E-state index contributed by atoms with van der Waals surface area (Å²) < 4.78 is 1.64. The van der Waals surface area contributed by atoms with Crippen LogP contribution in [0.3, 0.4) is 0 Å². The Morgan fingerprint density at radius 3 is 2.43 bits per heavy atom. The number of carbonyl (C=O) groups is 1. The molecule has 3 aromatic carbocycles. The van der Waals surface area contributed by atoms with Gasteiger partial charge in [-0.15, -0.1) is 5.10 Å². The molecule has 0 aliphatic heterocycles. The number of hydrogen-bond donors (Lipinski definition) is 1. The van der Waals surface area contributed by atoms with Gasteiger partial charge in [0.2, 0.25) is 5.82 Å². The second kappa shape index (κ2) is 8.30. The summed E-state index contributed by atoms with van der Waals surface area (Å²) in [7, 11) is 0. The Labute approximate surface area is 184 Å². The van der Waals surface area contributed by atoms with Crippen LogP contribution in [-0.2, 0) is 0 Å². The summed E-state index contributed by atoms with van der Waals surface area (Å²) in [5.41, 5.74) is 4.09. The SMILES string of the molecule is Cc1cccc(-c2nc(C(=O)Nc3cccc(Cl)c3C)nn2-c2ccc(Cl)cc2)c1. The van der Waals surface area contributed by atoms with Crippen LogP contribution in [0.1, 0.15) is 21.7 Å². The van der Waals surface area contributed by atoms with Gasteiger partial charge >= 0.3 is 0 Å². The Kier molecular flexibility index (Phi) is 5.57. The molecule has 30 heavy (non-hydrogen) atoms. The monoisotopic (exact) mass is 436 g/mol. The van der Waals surface area contributed by atoms with Crippen LogP contribution in [0.4, 0.5) is 5.69 Å². The molecule has 1 aromatic heterocycles. The van der Waals surface area contributed by atoms with Gasteiger partial charge in [0.1, 0.15) is 0 Å². The molecule has 4 rings (SSSR count). The van der Waals surface area contributed by atoms with Gasteiger partial charge in [-0.3, -0.25) is 4.79 Å². The van der Waals surface area contributed by atoms with Crippen molar-refractivity contribution in [3.05, 3.63) is 93.7 Å². The van der Waals surface area contributed by atoms with Crippen LogP contribution in [0.5, 0.6) is 0 Å². The van der Waals surface area contributed by atoms with E-state index in [0.29, 0.717) is 21.6 Å². The molecule has 0 spiro atoms.